The summed E-state index contributed by atoms with van der Waals surface area (Å²) in [4.78, 5) is 2.73. The first-order chi connectivity index (χ1) is 10.5. The van der Waals surface area contributed by atoms with E-state index in [2.05, 4.69) is 30.4 Å². The molecule has 5 heteroatoms. The number of nitrogens with zero attached hydrogens (tertiary/aromatic N) is 1. The maximum absolute atomic E-state index is 12.5. The molecule has 0 aliphatic carbocycles. The van der Waals surface area contributed by atoms with E-state index in [4.69, 9.17) is 0 Å². The van der Waals surface area contributed by atoms with Crippen LogP contribution >= 0.6 is 0 Å². The zero-order valence-corrected chi connectivity index (χ0v) is 14.7. The molecule has 2 rings (SSSR count). The largest absolute Gasteiger partial charge is 0.303 e. The minimum atomic E-state index is -3.40. The molecule has 1 fully saturated rings. The van der Waals surface area contributed by atoms with Crippen LogP contribution in [0.4, 0.5) is 0 Å². The Morgan fingerprint density at radius 2 is 1.77 bits per heavy atom. The highest BCUT2D eigenvalue weighted by molar-refractivity contribution is 7.89. The average molecular weight is 324 g/mol. The Morgan fingerprint density at radius 3 is 2.27 bits per heavy atom. The standard InChI is InChI=1S/C17H28N2O2S/c1-4-14(3)15-6-8-17(9-7-15)22(20,21)18-16-10-12-19(5-2)13-11-16/h6-9,14,16,18H,4-5,10-13H2,1-3H3. The van der Waals surface area contributed by atoms with Gasteiger partial charge in [0.15, 0.2) is 0 Å². The van der Waals surface area contributed by atoms with Gasteiger partial charge in [-0.25, -0.2) is 13.1 Å². The summed E-state index contributed by atoms with van der Waals surface area (Å²) >= 11 is 0. The van der Waals surface area contributed by atoms with Crippen molar-refractivity contribution in [2.24, 2.45) is 0 Å². The molecule has 1 aromatic carbocycles. The molecule has 1 saturated heterocycles. The number of piperidine rings is 1. The maximum Gasteiger partial charge on any atom is 0.240 e. The molecule has 1 aromatic rings. The lowest BCUT2D eigenvalue weighted by Gasteiger charge is -2.31. The molecule has 4 nitrogen and oxygen atoms in total. The van der Waals surface area contributed by atoms with Crippen LogP contribution in [0, 0.1) is 0 Å². The number of nitrogens with one attached hydrogen (secondary N) is 1. The van der Waals surface area contributed by atoms with Crippen molar-refractivity contribution in [3.05, 3.63) is 29.8 Å². The van der Waals surface area contributed by atoms with Crippen LogP contribution in [0.1, 0.15) is 51.5 Å². The Bertz CT molecular complexity index is 561. The summed E-state index contributed by atoms with van der Waals surface area (Å²) in [6, 6.07) is 7.38. The van der Waals surface area contributed by atoms with Crippen molar-refractivity contribution in [1.29, 1.82) is 0 Å². The van der Waals surface area contributed by atoms with Crippen molar-refractivity contribution in [1.82, 2.24) is 9.62 Å². The Kier molecular flexibility index (Phi) is 6.01. The molecule has 1 N–H and O–H groups in total. The molecule has 0 saturated carbocycles. The van der Waals surface area contributed by atoms with E-state index < -0.39 is 10.0 Å². The van der Waals surface area contributed by atoms with E-state index in [0.29, 0.717) is 10.8 Å². The van der Waals surface area contributed by atoms with Crippen LogP contribution in [0.2, 0.25) is 0 Å². The predicted molar refractivity (Wildman–Crippen MR) is 90.6 cm³/mol. The molecule has 0 radical (unpaired) electrons. The highest BCUT2D eigenvalue weighted by atomic mass is 32.2. The molecule has 0 aromatic heterocycles. The Morgan fingerprint density at radius 1 is 1.18 bits per heavy atom. The van der Waals surface area contributed by atoms with Crippen molar-refractivity contribution < 1.29 is 8.42 Å². The number of sulfonamides is 1. The van der Waals surface area contributed by atoms with Crippen LogP contribution in [-0.2, 0) is 10.0 Å². The highest BCUT2D eigenvalue weighted by Gasteiger charge is 2.24. The molecule has 1 aliphatic heterocycles. The first-order valence-corrected chi connectivity index (χ1v) is 9.79. The van der Waals surface area contributed by atoms with Gasteiger partial charge in [0.1, 0.15) is 0 Å². The first kappa shape index (κ1) is 17.4. The third-order valence-corrected chi connectivity index (χ3v) is 6.26. The van der Waals surface area contributed by atoms with Crippen LogP contribution in [0.25, 0.3) is 0 Å². The lowest BCUT2D eigenvalue weighted by molar-refractivity contribution is 0.217. The fourth-order valence-electron chi connectivity index (χ4n) is 2.87. The molecule has 124 valence electrons. The van der Waals surface area contributed by atoms with E-state index in [1.165, 1.54) is 5.56 Å². The van der Waals surface area contributed by atoms with Gasteiger partial charge in [-0.05, 0) is 62.5 Å². The van der Waals surface area contributed by atoms with Crippen molar-refractivity contribution in [2.45, 2.75) is 56.9 Å². The molecular formula is C17H28N2O2S. The van der Waals surface area contributed by atoms with E-state index in [0.717, 1.165) is 38.9 Å². The highest BCUT2D eigenvalue weighted by Crippen LogP contribution is 2.21. The summed E-state index contributed by atoms with van der Waals surface area (Å²) in [5.74, 6) is 0.461. The lowest BCUT2D eigenvalue weighted by Crippen LogP contribution is -2.44. The van der Waals surface area contributed by atoms with Gasteiger partial charge in [0.05, 0.1) is 4.90 Å². The van der Waals surface area contributed by atoms with Crippen molar-refractivity contribution >= 4 is 10.0 Å². The van der Waals surface area contributed by atoms with E-state index in [-0.39, 0.29) is 6.04 Å². The quantitative estimate of drug-likeness (QED) is 0.875. The number of rotatable bonds is 6. The fraction of sp³-hybridized carbons (Fsp3) is 0.647. The molecule has 0 amide bonds. The molecular weight excluding hydrogens is 296 g/mol. The van der Waals surface area contributed by atoms with Crippen molar-refractivity contribution in [3.8, 4) is 0 Å². The zero-order chi connectivity index (χ0) is 16.2. The molecule has 1 unspecified atom stereocenters. The summed E-state index contributed by atoms with van der Waals surface area (Å²) in [7, 11) is -3.40. The van der Waals surface area contributed by atoms with Crippen molar-refractivity contribution in [2.75, 3.05) is 19.6 Å². The van der Waals surface area contributed by atoms with Gasteiger partial charge in [-0.3, -0.25) is 0 Å². The molecule has 0 spiro atoms. The van der Waals surface area contributed by atoms with E-state index in [9.17, 15) is 8.42 Å². The first-order valence-electron chi connectivity index (χ1n) is 8.31. The summed E-state index contributed by atoms with van der Waals surface area (Å²) in [5.41, 5.74) is 1.19. The molecule has 22 heavy (non-hydrogen) atoms. The van der Waals surface area contributed by atoms with E-state index in [1.54, 1.807) is 12.1 Å². The Balaban J connectivity index is 2.01. The number of hydrogen-bond donors (Lipinski definition) is 1. The third kappa shape index (κ3) is 4.31. The second-order valence-electron chi connectivity index (χ2n) is 6.21. The predicted octanol–water partition coefficient (Wildman–Crippen LogP) is 2.96. The average Bonchev–Trinajstić information content (AvgIpc) is 2.54. The number of hydrogen-bond acceptors (Lipinski definition) is 3. The third-order valence-electron chi connectivity index (χ3n) is 4.73. The van der Waals surface area contributed by atoms with Crippen LogP contribution < -0.4 is 4.72 Å². The van der Waals surface area contributed by atoms with Gasteiger partial charge < -0.3 is 4.90 Å². The lowest BCUT2D eigenvalue weighted by atomic mass is 9.99. The van der Waals surface area contributed by atoms with Crippen LogP contribution in [0.3, 0.4) is 0 Å². The van der Waals surface area contributed by atoms with Gasteiger partial charge in [-0.15, -0.1) is 0 Å². The summed E-state index contributed by atoms with van der Waals surface area (Å²) < 4.78 is 27.8. The van der Waals surface area contributed by atoms with Crippen molar-refractivity contribution in [3.63, 3.8) is 0 Å². The SMILES string of the molecule is CCC(C)c1ccc(S(=O)(=O)NC2CCN(CC)CC2)cc1. The van der Waals surface area contributed by atoms with Gasteiger partial charge in [-0.1, -0.05) is 32.9 Å². The maximum atomic E-state index is 12.5. The molecule has 1 heterocycles. The second-order valence-corrected chi connectivity index (χ2v) is 7.92. The Labute approximate surface area is 135 Å². The summed E-state index contributed by atoms with van der Waals surface area (Å²) in [5, 5.41) is 0. The normalized spacial score (nSPS) is 19.2. The molecule has 1 aliphatic rings. The van der Waals surface area contributed by atoms with Gasteiger partial charge in [0.25, 0.3) is 0 Å². The Hall–Kier alpha value is -0.910. The van der Waals surface area contributed by atoms with E-state index >= 15 is 0 Å². The number of likely N-dealkylation sites (tertiary alicyclic amines) is 1. The monoisotopic (exact) mass is 324 g/mol. The topological polar surface area (TPSA) is 49.4 Å². The molecule has 1 atom stereocenters. The summed E-state index contributed by atoms with van der Waals surface area (Å²) in [6.07, 6.45) is 2.83. The van der Waals surface area contributed by atoms with Gasteiger partial charge in [0, 0.05) is 6.04 Å². The summed E-state index contributed by atoms with van der Waals surface area (Å²) in [6.45, 7) is 9.41. The van der Waals surface area contributed by atoms with Gasteiger partial charge in [-0.2, -0.15) is 0 Å². The number of benzene rings is 1. The fourth-order valence-corrected chi connectivity index (χ4v) is 4.17. The van der Waals surface area contributed by atoms with E-state index in [1.807, 2.05) is 12.1 Å². The van der Waals surface area contributed by atoms with Crippen LogP contribution in [0.5, 0.6) is 0 Å². The molecule has 0 bridgehead atoms. The smallest absolute Gasteiger partial charge is 0.240 e. The second kappa shape index (κ2) is 7.57. The van der Waals surface area contributed by atoms with Crippen LogP contribution in [0.15, 0.2) is 29.2 Å². The van der Waals surface area contributed by atoms with Gasteiger partial charge in [0.2, 0.25) is 10.0 Å². The van der Waals surface area contributed by atoms with Gasteiger partial charge >= 0.3 is 0 Å². The van der Waals surface area contributed by atoms with Crippen LogP contribution in [-0.4, -0.2) is 39.0 Å². The zero-order valence-electron chi connectivity index (χ0n) is 13.9. The minimum Gasteiger partial charge on any atom is -0.303 e. The minimum absolute atomic E-state index is 0.0574.